The largest absolute Gasteiger partial charge is 0.440 e. The lowest BCUT2D eigenvalue weighted by atomic mass is 10.1. The van der Waals surface area contributed by atoms with Crippen molar-refractivity contribution in [1.82, 2.24) is 15.2 Å². The Morgan fingerprint density at radius 3 is 2.48 bits per heavy atom. The van der Waals surface area contributed by atoms with Crippen LogP contribution in [0.3, 0.4) is 0 Å². The summed E-state index contributed by atoms with van der Waals surface area (Å²) in [6.07, 6.45) is 0.812. The Kier molecular flexibility index (Phi) is 7.92. The van der Waals surface area contributed by atoms with Crippen molar-refractivity contribution in [2.45, 2.75) is 32.8 Å². The van der Waals surface area contributed by atoms with Crippen molar-refractivity contribution >= 4 is 5.91 Å². The van der Waals surface area contributed by atoms with Gasteiger partial charge in [0.05, 0.1) is 12.7 Å². The Bertz CT molecular complexity index is 961. The Morgan fingerprint density at radius 1 is 1.09 bits per heavy atom. The Hall–Kier alpha value is -2.96. The number of aryl methyl sites for hydroxylation is 1. The number of aromatic nitrogens is 1. The number of carbonyl (C=O) groups is 1. The summed E-state index contributed by atoms with van der Waals surface area (Å²) in [6, 6.07) is 20.0. The van der Waals surface area contributed by atoms with E-state index >= 15 is 0 Å². The molecule has 2 aromatic carbocycles. The number of oxazole rings is 1. The average molecular weight is 448 g/mol. The van der Waals surface area contributed by atoms with Gasteiger partial charge in [0.1, 0.15) is 5.69 Å². The fraction of sp³-hybridized carbons (Fsp3) is 0.407. The number of nitrogens with one attached hydrogen (secondary N) is 1. The van der Waals surface area contributed by atoms with Gasteiger partial charge in [-0.25, -0.2) is 4.98 Å². The summed E-state index contributed by atoms with van der Waals surface area (Å²) in [7, 11) is 0. The van der Waals surface area contributed by atoms with Gasteiger partial charge in [-0.2, -0.15) is 0 Å². The molecule has 1 saturated heterocycles. The minimum atomic E-state index is -0.0136. The molecule has 0 saturated carbocycles. The SMILES string of the molecule is CC(C)CN1CCOC(CNC(=O)CCc2nc(-c3ccccc3)c(-c3ccccc3)o2)C1. The molecule has 6 heteroatoms. The van der Waals surface area contributed by atoms with E-state index in [2.05, 4.69) is 24.1 Å². The van der Waals surface area contributed by atoms with E-state index in [1.165, 1.54) is 0 Å². The third-order valence-electron chi connectivity index (χ3n) is 5.69. The standard InChI is InChI=1S/C27H33N3O3/c1-20(2)18-30-15-16-32-23(19-30)17-28-24(31)13-14-25-29-26(21-9-5-3-6-10-21)27(33-25)22-11-7-4-8-12-22/h3-12,20,23H,13-19H2,1-2H3,(H,28,31). The van der Waals surface area contributed by atoms with E-state index in [0.29, 0.717) is 37.8 Å². The minimum Gasteiger partial charge on any atom is -0.440 e. The Balaban J connectivity index is 1.35. The molecular formula is C27H33N3O3. The van der Waals surface area contributed by atoms with Crippen LogP contribution in [0.5, 0.6) is 0 Å². The number of ether oxygens (including phenoxy) is 1. The summed E-state index contributed by atoms with van der Waals surface area (Å²) in [4.78, 5) is 19.6. The van der Waals surface area contributed by atoms with E-state index in [1.807, 2.05) is 60.7 Å². The van der Waals surface area contributed by atoms with Gasteiger partial charge in [-0.15, -0.1) is 0 Å². The molecule has 1 unspecified atom stereocenters. The zero-order chi connectivity index (χ0) is 23.0. The molecule has 1 amide bonds. The minimum absolute atomic E-state index is 0.0136. The van der Waals surface area contributed by atoms with Gasteiger partial charge >= 0.3 is 0 Å². The molecular weight excluding hydrogens is 414 g/mol. The van der Waals surface area contributed by atoms with Gasteiger partial charge in [0.2, 0.25) is 5.91 Å². The molecule has 1 fully saturated rings. The van der Waals surface area contributed by atoms with Crippen LogP contribution in [-0.2, 0) is 16.0 Å². The van der Waals surface area contributed by atoms with Crippen LogP contribution in [0.4, 0.5) is 0 Å². The first-order valence-corrected chi connectivity index (χ1v) is 11.8. The van der Waals surface area contributed by atoms with Crippen LogP contribution in [0, 0.1) is 5.92 Å². The molecule has 3 aromatic rings. The average Bonchev–Trinajstić information content (AvgIpc) is 3.27. The summed E-state index contributed by atoms with van der Waals surface area (Å²) in [5.41, 5.74) is 2.77. The van der Waals surface area contributed by atoms with Gasteiger partial charge in [-0.3, -0.25) is 9.69 Å². The second-order valence-corrected chi connectivity index (χ2v) is 8.97. The maximum Gasteiger partial charge on any atom is 0.220 e. The van der Waals surface area contributed by atoms with Crippen molar-refractivity contribution in [3.8, 4) is 22.6 Å². The first-order valence-electron chi connectivity index (χ1n) is 11.8. The van der Waals surface area contributed by atoms with E-state index < -0.39 is 0 Å². The number of benzene rings is 2. The molecule has 2 heterocycles. The van der Waals surface area contributed by atoms with Crippen molar-refractivity contribution in [3.05, 3.63) is 66.6 Å². The molecule has 174 valence electrons. The van der Waals surface area contributed by atoms with E-state index in [0.717, 1.165) is 42.2 Å². The van der Waals surface area contributed by atoms with E-state index in [4.69, 9.17) is 14.1 Å². The first-order chi connectivity index (χ1) is 16.1. The van der Waals surface area contributed by atoms with Crippen molar-refractivity contribution in [2.24, 2.45) is 5.92 Å². The van der Waals surface area contributed by atoms with Crippen molar-refractivity contribution in [2.75, 3.05) is 32.8 Å². The third-order valence-corrected chi connectivity index (χ3v) is 5.69. The first kappa shape index (κ1) is 23.2. The highest BCUT2D eigenvalue weighted by Gasteiger charge is 2.22. The van der Waals surface area contributed by atoms with Crippen LogP contribution in [0.2, 0.25) is 0 Å². The highest BCUT2D eigenvalue weighted by molar-refractivity contribution is 5.77. The number of carbonyl (C=O) groups excluding carboxylic acids is 1. The number of hydrogen-bond acceptors (Lipinski definition) is 5. The lowest BCUT2D eigenvalue weighted by molar-refractivity contribution is -0.122. The van der Waals surface area contributed by atoms with Gasteiger partial charge in [-0.1, -0.05) is 74.5 Å². The molecule has 1 aromatic heterocycles. The van der Waals surface area contributed by atoms with E-state index in [-0.39, 0.29) is 12.0 Å². The van der Waals surface area contributed by atoms with Crippen LogP contribution in [0.15, 0.2) is 65.1 Å². The summed E-state index contributed by atoms with van der Waals surface area (Å²) >= 11 is 0. The number of hydrogen-bond donors (Lipinski definition) is 1. The van der Waals surface area contributed by atoms with Crippen LogP contribution >= 0.6 is 0 Å². The topological polar surface area (TPSA) is 67.6 Å². The maximum absolute atomic E-state index is 12.5. The molecule has 1 atom stereocenters. The molecule has 0 radical (unpaired) electrons. The van der Waals surface area contributed by atoms with Gasteiger partial charge < -0.3 is 14.5 Å². The van der Waals surface area contributed by atoms with Crippen molar-refractivity contribution in [1.29, 1.82) is 0 Å². The fourth-order valence-electron chi connectivity index (χ4n) is 4.17. The normalized spacial score (nSPS) is 16.8. The highest BCUT2D eigenvalue weighted by Crippen LogP contribution is 2.32. The highest BCUT2D eigenvalue weighted by atomic mass is 16.5. The summed E-state index contributed by atoms with van der Waals surface area (Å²) in [5.74, 6) is 1.92. The molecule has 1 N–H and O–H groups in total. The maximum atomic E-state index is 12.5. The zero-order valence-electron chi connectivity index (χ0n) is 19.5. The van der Waals surface area contributed by atoms with E-state index in [9.17, 15) is 4.79 Å². The second-order valence-electron chi connectivity index (χ2n) is 8.97. The lowest BCUT2D eigenvalue weighted by Gasteiger charge is -2.33. The number of amides is 1. The van der Waals surface area contributed by atoms with Crippen LogP contribution in [-0.4, -0.2) is 54.7 Å². The number of nitrogens with zero attached hydrogens (tertiary/aromatic N) is 2. The van der Waals surface area contributed by atoms with E-state index in [1.54, 1.807) is 0 Å². The van der Waals surface area contributed by atoms with Gasteiger partial charge in [-0.05, 0) is 5.92 Å². The van der Waals surface area contributed by atoms with Crippen LogP contribution in [0.25, 0.3) is 22.6 Å². The van der Waals surface area contributed by atoms with Gasteiger partial charge in [0.15, 0.2) is 11.7 Å². The molecule has 1 aliphatic heterocycles. The Labute approximate surface area is 196 Å². The molecule has 0 aliphatic carbocycles. The predicted molar refractivity (Wildman–Crippen MR) is 130 cm³/mol. The van der Waals surface area contributed by atoms with Gasteiger partial charge in [0, 0.05) is 50.1 Å². The Morgan fingerprint density at radius 2 is 1.79 bits per heavy atom. The second kappa shape index (κ2) is 11.3. The smallest absolute Gasteiger partial charge is 0.220 e. The fourth-order valence-corrected chi connectivity index (χ4v) is 4.17. The summed E-state index contributed by atoms with van der Waals surface area (Å²) in [5, 5.41) is 3.02. The zero-order valence-corrected chi connectivity index (χ0v) is 19.5. The van der Waals surface area contributed by atoms with Crippen LogP contribution < -0.4 is 5.32 Å². The summed E-state index contributed by atoms with van der Waals surface area (Å²) < 4.78 is 12.0. The van der Waals surface area contributed by atoms with Crippen molar-refractivity contribution < 1.29 is 13.9 Å². The predicted octanol–water partition coefficient (Wildman–Crippen LogP) is 4.41. The molecule has 33 heavy (non-hydrogen) atoms. The molecule has 0 spiro atoms. The van der Waals surface area contributed by atoms with Gasteiger partial charge in [0.25, 0.3) is 0 Å². The third kappa shape index (κ3) is 6.53. The van der Waals surface area contributed by atoms with Crippen LogP contribution in [0.1, 0.15) is 26.2 Å². The molecule has 4 rings (SSSR count). The molecule has 1 aliphatic rings. The molecule has 6 nitrogen and oxygen atoms in total. The van der Waals surface area contributed by atoms with Crippen molar-refractivity contribution in [3.63, 3.8) is 0 Å². The quantitative estimate of drug-likeness (QED) is 0.526. The molecule has 0 bridgehead atoms. The number of morpholine rings is 1. The number of rotatable bonds is 9. The monoisotopic (exact) mass is 447 g/mol. The lowest BCUT2D eigenvalue weighted by Crippen LogP contribution is -2.48. The summed E-state index contributed by atoms with van der Waals surface area (Å²) in [6.45, 7) is 8.57.